The molecule has 2 aliphatic rings. The van der Waals surface area contributed by atoms with E-state index in [0.29, 0.717) is 24.3 Å². The minimum atomic E-state index is -1.56. The van der Waals surface area contributed by atoms with Gasteiger partial charge in [-0.25, -0.2) is 4.79 Å². The number of rotatable bonds is 14. The summed E-state index contributed by atoms with van der Waals surface area (Å²) in [4.78, 5) is 11.4. The lowest BCUT2D eigenvalue weighted by Crippen LogP contribution is -2.60. The summed E-state index contributed by atoms with van der Waals surface area (Å²) >= 11 is 0. The van der Waals surface area contributed by atoms with Crippen molar-refractivity contribution in [1.29, 1.82) is 0 Å². The third-order valence-corrected chi connectivity index (χ3v) is 9.68. The van der Waals surface area contributed by atoms with Gasteiger partial charge in [0, 0.05) is 12.8 Å². The Balaban J connectivity index is 0.000000227. The summed E-state index contributed by atoms with van der Waals surface area (Å²) < 4.78 is 42.6. The largest absolute Gasteiger partial charge is 0.508 e. The van der Waals surface area contributed by atoms with Gasteiger partial charge in [-0.05, 0) is 65.6 Å². The van der Waals surface area contributed by atoms with Crippen molar-refractivity contribution in [1.82, 2.24) is 0 Å². The van der Waals surface area contributed by atoms with Crippen molar-refractivity contribution >= 4 is 6.16 Å². The van der Waals surface area contributed by atoms with Gasteiger partial charge in [-0.2, -0.15) is 0 Å². The van der Waals surface area contributed by atoms with Gasteiger partial charge in [-0.15, -0.1) is 0 Å². The fourth-order valence-corrected chi connectivity index (χ4v) is 6.33. The highest BCUT2D eigenvalue weighted by Gasteiger charge is 2.46. The second-order valence-corrected chi connectivity index (χ2v) is 13.7. The SMILES string of the molecule is CCOC(=O)OC[C@H]1O[C@@H](Oc2ccccc2Cc2ccc(OC)cc2)[C@H](O)[C@@H](O)[C@@H]1O.COc1ccc(Cc2ccccc2O[C@@H]2O[C@H](CO)[C@@H](O)[C@H](O)[C@H]2O)cc1. The second kappa shape index (κ2) is 21.8. The first kappa shape index (κ1) is 45.1. The predicted molar refractivity (Wildman–Crippen MR) is 209 cm³/mol. The number of aliphatic hydroxyl groups excluding tert-OH is 7. The van der Waals surface area contributed by atoms with E-state index >= 15 is 0 Å². The van der Waals surface area contributed by atoms with Crippen molar-refractivity contribution in [2.75, 3.05) is 34.0 Å². The fourth-order valence-electron chi connectivity index (χ4n) is 6.33. The van der Waals surface area contributed by atoms with Crippen LogP contribution in [0.15, 0.2) is 97.1 Å². The Morgan fingerprint density at radius 1 is 0.559 bits per heavy atom. The molecule has 4 aromatic carbocycles. The van der Waals surface area contributed by atoms with Crippen molar-refractivity contribution in [3.8, 4) is 23.0 Å². The number of carbonyl (C=O) groups is 1. The monoisotopic (exact) mass is 824 g/mol. The molecule has 10 atom stereocenters. The van der Waals surface area contributed by atoms with Gasteiger partial charge in [0.25, 0.3) is 0 Å². The number of aliphatic hydroxyl groups is 7. The van der Waals surface area contributed by atoms with Gasteiger partial charge < -0.3 is 73.6 Å². The van der Waals surface area contributed by atoms with Gasteiger partial charge in [0.15, 0.2) is 0 Å². The highest BCUT2D eigenvalue weighted by atomic mass is 16.7. The molecule has 2 saturated heterocycles. The van der Waals surface area contributed by atoms with Crippen LogP contribution in [0.2, 0.25) is 0 Å². The lowest BCUT2D eigenvalue weighted by atomic mass is 9.99. The molecule has 4 aromatic rings. The molecule has 2 heterocycles. The molecule has 0 aliphatic carbocycles. The van der Waals surface area contributed by atoms with Gasteiger partial charge >= 0.3 is 6.16 Å². The molecule has 0 amide bonds. The number of hydrogen-bond acceptors (Lipinski definition) is 16. The van der Waals surface area contributed by atoms with Crippen LogP contribution < -0.4 is 18.9 Å². The Hall–Kier alpha value is -5.01. The van der Waals surface area contributed by atoms with Gasteiger partial charge in [0.1, 0.15) is 78.4 Å². The molecule has 2 aliphatic heterocycles. The van der Waals surface area contributed by atoms with E-state index in [9.17, 15) is 40.5 Å². The van der Waals surface area contributed by atoms with E-state index in [0.717, 1.165) is 33.8 Å². The number of methoxy groups -OCH3 is 2. The summed E-state index contributed by atoms with van der Waals surface area (Å²) in [5, 5.41) is 70.1. The van der Waals surface area contributed by atoms with Crippen LogP contribution in [0.25, 0.3) is 0 Å². The third-order valence-electron chi connectivity index (χ3n) is 9.68. The molecule has 0 bridgehead atoms. The summed E-state index contributed by atoms with van der Waals surface area (Å²) in [5.41, 5.74) is 3.75. The standard InChI is InChI=1S/C23H28O9.C20H24O7/c1-3-29-23(27)30-13-18-19(24)20(25)21(26)22(32-18)31-17-7-5-4-6-15(17)12-14-8-10-16(28-2)11-9-14;1-25-14-8-6-12(7-9-14)10-13-4-2-3-5-15(13)26-20-19(24)18(23)17(22)16(11-21)27-20/h4-11,18-22,24-26H,3,12-13H2,1-2H3;2-9,16-24H,10-11H2,1H3/t18-,19-,20+,21-,22-;16-,17-,18+,19-,20-/m11/s1. The predicted octanol–water partition coefficient (Wildman–Crippen LogP) is 2.11. The van der Waals surface area contributed by atoms with Gasteiger partial charge in [-0.1, -0.05) is 60.7 Å². The molecule has 6 rings (SSSR count). The molecule has 7 N–H and O–H groups in total. The van der Waals surface area contributed by atoms with Gasteiger partial charge in [0.05, 0.1) is 27.4 Å². The highest BCUT2D eigenvalue weighted by molar-refractivity contribution is 5.59. The number of benzene rings is 4. The maximum absolute atomic E-state index is 11.4. The Bertz CT molecular complexity index is 1870. The zero-order valence-electron chi connectivity index (χ0n) is 32.9. The van der Waals surface area contributed by atoms with E-state index in [4.69, 9.17) is 33.2 Å². The topological polar surface area (TPSA) is 233 Å². The molecule has 2 fully saturated rings. The Morgan fingerprint density at radius 2 is 0.983 bits per heavy atom. The molecule has 0 radical (unpaired) electrons. The van der Waals surface area contributed by atoms with Crippen molar-refractivity contribution in [2.45, 2.75) is 81.2 Å². The zero-order chi connectivity index (χ0) is 42.5. The molecule has 0 unspecified atom stereocenters. The van der Waals surface area contributed by atoms with E-state index in [1.54, 1.807) is 45.4 Å². The van der Waals surface area contributed by atoms with Gasteiger partial charge in [0.2, 0.25) is 12.6 Å². The zero-order valence-corrected chi connectivity index (χ0v) is 32.9. The number of hydrogen-bond donors (Lipinski definition) is 7. The minimum absolute atomic E-state index is 0.130. The van der Waals surface area contributed by atoms with Crippen molar-refractivity contribution < 1.29 is 78.4 Å². The fraction of sp³-hybridized carbons (Fsp3) is 0.419. The molecule has 16 nitrogen and oxygen atoms in total. The summed E-state index contributed by atoms with van der Waals surface area (Å²) in [6.07, 6.45) is -13.3. The van der Waals surface area contributed by atoms with Crippen LogP contribution in [0.4, 0.5) is 4.79 Å². The number of ether oxygens (including phenoxy) is 8. The smallest absolute Gasteiger partial charge is 0.497 e. The summed E-state index contributed by atoms with van der Waals surface area (Å²) in [6.45, 7) is 0.876. The van der Waals surface area contributed by atoms with Crippen molar-refractivity contribution in [3.05, 3.63) is 119 Å². The van der Waals surface area contributed by atoms with Crippen molar-refractivity contribution in [2.24, 2.45) is 0 Å². The molecule has 59 heavy (non-hydrogen) atoms. The van der Waals surface area contributed by atoms with Crippen LogP contribution in [-0.4, -0.2) is 137 Å². The Kier molecular flexibility index (Phi) is 16.7. The second-order valence-electron chi connectivity index (χ2n) is 13.7. The molecular formula is C43H52O16. The van der Waals surface area contributed by atoms with E-state index in [2.05, 4.69) is 4.74 Å². The molecule has 0 aromatic heterocycles. The van der Waals surface area contributed by atoms with Crippen LogP contribution in [0.1, 0.15) is 29.2 Å². The van der Waals surface area contributed by atoms with E-state index in [1.807, 2.05) is 72.8 Å². The highest BCUT2D eigenvalue weighted by Crippen LogP contribution is 2.30. The van der Waals surface area contributed by atoms with Crippen LogP contribution in [0, 0.1) is 0 Å². The molecule has 0 spiro atoms. The number of para-hydroxylation sites is 2. The first-order valence-corrected chi connectivity index (χ1v) is 19.0. The van der Waals surface area contributed by atoms with Crippen LogP contribution in [0.3, 0.4) is 0 Å². The summed E-state index contributed by atoms with van der Waals surface area (Å²) in [7, 11) is 3.21. The quantitative estimate of drug-likeness (QED) is 0.0903. The van der Waals surface area contributed by atoms with E-state index < -0.39 is 74.2 Å². The first-order valence-electron chi connectivity index (χ1n) is 19.0. The molecule has 0 saturated carbocycles. The summed E-state index contributed by atoms with van der Waals surface area (Å²) in [6, 6.07) is 29.7. The maximum atomic E-state index is 11.4. The minimum Gasteiger partial charge on any atom is -0.497 e. The third kappa shape index (κ3) is 12.0. The molecular weight excluding hydrogens is 772 g/mol. The average molecular weight is 825 g/mol. The lowest BCUT2D eigenvalue weighted by Gasteiger charge is -2.40. The van der Waals surface area contributed by atoms with Crippen LogP contribution in [-0.2, 0) is 31.8 Å². The van der Waals surface area contributed by atoms with Gasteiger partial charge in [-0.3, -0.25) is 0 Å². The average Bonchev–Trinajstić information content (AvgIpc) is 3.25. The van der Waals surface area contributed by atoms with Crippen LogP contribution in [0.5, 0.6) is 23.0 Å². The maximum Gasteiger partial charge on any atom is 0.508 e. The first-order chi connectivity index (χ1) is 28.5. The summed E-state index contributed by atoms with van der Waals surface area (Å²) in [5.74, 6) is 2.45. The Labute approximate surface area is 341 Å². The number of carbonyl (C=O) groups excluding carboxylic acids is 1. The lowest BCUT2D eigenvalue weighted by molar-refractivity contribution is -0.278. The van der Waals surface area contributed by atoms with E-state index in [1.165, 1.54) is 0 Å². The molecule has 320 valence electrons. The normalized spacial score (nSPS) is 26.4. The van der Waals surface area contributed by atoms with Crippen molar-refractivity contribution in [3.63, 3.8) is 0 Å². The Morgan fingerprint density at radius 3 is 1.41 bits per heavy atom. The van der Waals surface area contributed by atoms with E-state index in [-0.39, 0.29) is 13.2 Å². The molecule has 16 heteroatoms. The van der Waals surface area contributed by atoms with Crippen LogP contribution >= 0.6 is 0 Å².